The van der Waals surface area contributed by atoms with Crippen LogP contribution in [-0.4, -0.2) is 30.8 Å². The van der Waals surface area contributed by atoms with Crippen molar-refractivity contribution in [3.05, 3.63) is 0 Å². The summed E-state index contributed by atoms with van der Waals surface area (Å²) in [6.45, 7) is 7.82. The third kappa shape index (κ3) is 3.16. The number of carbonyl (C=O) groups excluding carboxylic acids is 1. The molecule has 0 bridgehead atoms. The minimum absolute atomic E-state index is 0.263. The molecule has 2 unspecified atom stereocenters. The summed E-state index contributed by atoms with van der Waals surface area (Å²) in [5.74, 6) is 0. The summed E-state index contributed by atoms with van der Waals surface area (Å²) in [7, 11) is 0. The van der Waals surface area contributed by atoms with Crippen molar-refractivity contribution < 1.29 is 9.53 Å². The number of amides is 1. The molecule has 1 saturated heterocycles. The second-order valence-electron chi connectivity index (χ2n) is 6.73. The molecule has 0 aromatic rings. The molecular weight excluding hydrogens is 228 g/mol. The van der Waals surface area contributed by atoms with Crippen molar-refractivity contribution in [1.82, 2.24) is 10.6 Å². The third-order valence-corrected chi connectivity index (χ3v) is 4.12. The Morgan fingerprint density at radius 2 is 2.11 bits per heavy atom. The van der Waals surface area contributed by atoms with Crippen LogP contribution in [0.5, 0.6) is 0 Å². The molecule has 2 rings (SSSR count). The van der Waals surface area contributed by atoms with Gasteiger partial charge in [-0.15, -0.1) is 0 Å². The van der Waals surface area contributed by atoms with E-state index >= 15 is 0 Å². The van der Waals surface area contributed by atoms with E-state index in [-0.39, 0.29) is 17.6 Å². The number of carbonyl (C=O) groups is 1. The van der Waals surface area contributed by atoms with Crippen LogP contribution in [0.15, 0.2) is 0 Å². The van der Waals surface area contributed by atoms with Gasteiger partial charge in [-0.05, 0) is 46.6 Å². The number of ether oxygens (including phenoxy) is 1. The van der Waals surface area contributed by atoms with Crippen molar-refractivity contribution in [1.29, 1.82) is 0 Å². The van der Waals surface area contributed by atoms with Crippen molar-refractivity contribution in [3.8, 4) is 0 Å². The highest BCUT2D eigenvalue weighted by Gasteiger charge is 2.43. The van der Waals surface area contributed by atoms with Crippen LogP contribution in [0.1, 0.15) is 52.9 Å². The molecule has 104 valence electrons. The molecule has 2 fully saturated rings. The number of nitrogens with one attached hydrogen (secondary N) is 2. The molecule has 1 spiro atoms. The van der Waals surface area contributed by atoms with E-state index in [9.17, 15) is 4.79 Å². The predicted octanol–water partition coefficient (Wildman–Crippen LogP) is 2.43. The zero-order chi connectivity index (χ0) is 13.2. The Balaban J connectivity index is 1.96. The molecule has 2 atom stereocenters. The molecule has 18 heavy (non-hydrogen) atoms. The maximum atomic E-state index is 11.9. The molecule has 1 heterocycles. The van der Waals surface area contributed by atoms with E-state index in [0.29, 0.717) is 0 Å². The van der Waals surface area contributed by atoms with Crippen LogP contribution in [0.4, 0.5) is 4.79 Å². The average Bonchev–Trinajstić information content (AvgIpc) is 2.68. The van der Waals surface area contributed by atoms with E-state index in [0.717, 1.165) is 19.5 Å². The molecule has 1 aliphatic heterocycles. The Hall–Kier alpha value is -0.770. The van der Waals surface area contributed by atoms with Crippen LogP contribution >= 0.6 is 0 Å². The van der Waals surface area contributed by atoms with Crippen molar-refractivity contribution in [2.24, 2.45) is 5.41 Å². The number of hydrogen-bond donors (Lipinski definition) is 2. The lowest BCUT2D eigenvalue weighted by Gasteiger charge is -2.41. The second-order valence-corrected chi connectivity index (χ2v) is 6.73. The van der Waals surface area contributed by atoms with Gasteiger partial charge in [0.15, 0.2) is 0 Å². The SMILES string of the molecule is CC(C)(C)OC(=O)NC1CCCCC12CCNC2. The fraction of sp³-hybridized carbons (Fsp3) is 0.929. The van der Waals surface area contributed by atoms with Gasteiger partial charge in [0.1, 0.15) is 5.60 Å². The van der Waals surface area contributed by atoms with Gasteiger partial charge in [-0.25, -0.2) is 4.79 Å². The summed E-state index contributed by atoms with van der Waals surface area (Å²) in [4.78, 5) is 11.9. The summed E-state index contributed by atoms with van der Waals surface area (Å²) in [5, 5.41) is 6.55. The summed E-state index contributed by atoms with van der Waals surface area (Å²) in [5.41, 5.74) is -0.144. The lowest BCUT2D eigenvalue weighted by molar-refractivity contribution is 0.0406. The van der Waals surface area contributed by atoms with Gasteiger partial charge >= 0.3 is 6.09 Å². The lowest BCUT2D eigenvalue weighted by Crippen LogP contribution is -2.51. The highest BCUT2D eigenvalue weighted by Crippen LogP contribution is 2.41. The maximum absolute atomic E-state index is 11.9. The largest absolute Gasteiger partial charge is 0.444 e. The fourth-order valence-corrected chi connectivity index (χ4v) is 3.25. The molecule has 1 amide bonds. The molecular formula is C14H26N2O2. The highest BCUT2D eigenvalue weighted by atomic mass is 16.6. The summed E-state index contributed by atoms with van der Waals surface area (Å²) in [6.07, 6.45) is 5.71. The number of alkyl carbamates (subject to hydrolysis) is 1. The Bertz CT molecular complexity index is 303. The zero-order valence-electron chi connectivity index (χ0n) is 11.8. The minimum Gasteiger partial charge on any atom is -0.444 e. The van der Waals surface area contributed by atoms with E-state index in [1.54, 1.807) is 0 Å². The molecule has 2 N–H and O–H groups in total. The molecule has 1 aliphatic carbocycles. The Morgan fingerprint density at radius 1 is 1.33 bits per heavy atom. The van der Waals surface area contributed by atoms with E-state index in [1.807, 2.05) is 20.8 Å². The van der Waals surface area contributed by atoms with E-state index in [4.69, 9.17) is 4.74 Å². The minimum atomic E-state index is -0.417. The van der Waals surface area contributed by atoms with Crippen molar-refractivity contribution >= 4 is 6.09 Å². The van der Waals surface area contributed by atoms with Gasteiger partial charge in [-0.2, -0.15) is 0 Å². The Morgan fingerprint density at radius 3 is 2.72 bits per heavy atom. The first kappa shape index (κ1) is 13.7. The van der Waals surface area contributed by atoms with E-state index in [2.05, 4.69) is 10.6 Å². The number of rotatable bonds is 1. The first-order valence-electron chi connectivity index (χ1n) is 7.12. The molecule has 0 radical (unpaired) electrons. The first-order chi connectivity index (χ1) is 8.41. The van der Waals surface area contributed by atoms with E-state index < -0.39 is 5.60 Å². The summed E-state index contributed by atoms with van der Waals surface area (Å²) >= 11 is 0. The first-order valence-corrected chi connectivity index (χ1v) is 7.12. The second kappa shape index (κ2) is 5.08. The standard InChI is InChI=1S/C14H26N2O2/c1-13(2,3)18-12(17)16-11-6-4-5-7-14(11)8-9-15-10-14/h11,15H,4-10H2,1-3H3,(H,16,17). The van der Waals surface area contributed by atoms with Gasteiger partial charge in [0.25, 0.3) is 0 Å². The quantitative estimate of drug-likeness (QED) is 0.755. The Kier molecular flexibility index (Phi) is 3.85. The van der Waals surface area contributed by atoms with Crippen LogP contribution in [0.3, 0.4) is 0 Å². The fourth-order valence-electron chi connectivity index (χ4n) is 3.25. The molecule has 0 aromatic heterocycles. The van der Waals surface area contributed by atoms with E-state index in [1.165, 1.54) is 25.7 Å². The molecule has 4 heteroatoms. The monoisotopic (exact) mass is 254 g/mol. The lowest BCUT2D eigenvalue weighted by atomic mass is 9.70. The molecule has 0 aromatic carbocycles. The van der Waals surface area contributed by atoms with Gasteiger partial charge in [0, 0.05) is 18.0 Å². The van der Waals surface area contributed by atoms with Crippen LogP contribution in [0.2, 0.25) is 0 Å². The van der Waals surface area contributed by atoms with Crippen molar-refractivity contribution in [3.63, 3.8) is 0 Å². The van der Waals surface area contributed by atoms with Crippen molar-refractivity contribution in [2.75, 3.05) is 13.1 Å². The van der Waals surface area contributed by atoms with Gasteiger partial charge in [0.2, 0.25) is 0 Å². The highest BCUT2D eigenvalue weighted by molar-refractivity contribution is 5.68. The van der Waals surface area contributed by atoms with Gasteiger partial charge in [-0.1, -0.05) is 12.8 Å². The third-order valence-electron chi connectivity index (χ3n) is 4.12. The molecule has 1 saturated carbocycles. The normalized spacial score (nSPS) is 32.5. The Labute approximate surface area is 110 Å². The predicted molar refractivity (Wildman–Crippen MR) is 71.5 cm³/mol. The van der Waals surface area contributed by atoms with Crippen LogP contribution in [0.25, 0.3) is 0 Å². The van der Waals surface area contributed by atoms with Crippen LogP contribution in [0, 0.1) is 5.41 Å². The van der Waals surface area contributed by atoms with Crippen molar-refractivity contribution in [2.45, 2.75) is 64.5 Å². The zero-order valence-corrected chi connectivity index (χ0v) is 11.8. The summed E-state index contributed by atoms with van der Waals surface area (Å²) in [6, 6.07) is 0.274. The average molecular weight is 254 g/mol. The smallest absolute Gasteiger partial charge is 0.407 e. The van der Waals surface area contributed by atoms with Gasteiger partial charge in [-0.3, -0.25) is 0 Å². The van der Waals surface area contributed by atoms with Crippen LogP contribution < -0.4 is 10.6 Å². The van der Waals surface area contributed by atoms with Gasteiger partial charge in [0.05, 0.1) is 0 Å². The summed E-state index contributed by atoms with van der Waals surface area (Å²) < 4.78 is 5.37. The topological polar surface area (TPSA) is 50.4 Å². The van der Waals surface area contributed by atoms with Crippen LogP contribution in [-0.2, 0) is 4.74 Å². The van der Waals surface area contributed by atoms with Gasteiger partial charge < -0.3 is 15.4 Å². The molecule has 2 aliphatic rings. The number of hydrogen-bond acceptors (Lipinski definition) is 3. The maximum Gasteiger partial charge on any atom is 0.407 e. The molecule has 4 nitrogen and oxygen atoms in total.